The summed E-state index contributed by atoms with van der Waals surface area (Å²) >= 11 is 0. The van der Waals surface area contributed by atoms with E-state index in [9.17, 15) is 19.1 Å². The number of unbranched alkanes of at least 4 members (excludes halogenated alkanes) is 1. The van der Waals surface area contributed by atoms with Crippen LogP contribution in [0.15, 0.2) is 72.8 Å². The topological polar surface area (TPSA) is 75.6 Å². The van der Waals surface area contributed by atoms with E-state index in [1.807, 2.05) is 36.4 Å². The Balaban J connectivity index is 1.29. The molecule has 0 radical (unpaired) electrons. The molecule has 5 nitrogen and oxygen atoms in total. The van der Waals surface area contributed by atoms with E-state index in [2.05, 4.69) is 17.4 Å². The van der Waals surface area contributed by atoms with Crippen molar-refractivity contribution in [2.45, 2.75) is 37.6 Å². The van der Waals surface area contributed by atoms with Gasteiger partial charge in [0.25, 0.3) is 0 Å². The Morgan fingerprint density at radius 1 is 0.909 bits per heavy atom. The number of carbonyl (C=O) groups is 2. The van der Waals surface area contributed by atoms with Crippen molar-refractivity contribution in [2.24, 2.45) is 0 Å². The van der Waals surface area contributed by atoms with Crippen LogP contribution in [0.2, 0.25) is 0 Å². The molecule has 0 aliphatic heterocycles. The number of fused-ring (bicyclic) bond motifs is 3. The van der Waals surface area contributed by atoms with Crippen molar-refractivity contribution in [2.75, 3.05) is 6.61 Å². The van der Waals surface area contributed by atoms with Gasteiger partial charge in [0.05, 0.1) is 0 Å². The van der Waals surface area contributed by atoms with Crippen molar-refractivity contribution in [3.05, 3.63) is 95.3 Å². The maximum atomic E-state index is 13.0. The first-order chi connectivity index (χ1) is 16.0. The number of halogens is 1. The molecular weight excluding hydrogens is 421 g/mol. The Bertz CT molecular complexity index is 1080. The van der Waals surface area contributed by atoms with Crippen molar-refractivity contribution in [3.63, 3.8) is 0 Å². The van der Waals surface area contributed by atoms with Crippen LogP contribution in [-0.4, -0.2) is 29.8 Å². The van der Waals surface area contributed by atoms with Gasteiger partial charge in [-0.25, -0.2) is 14.0 Å². The first-order valence-corrected chi connectivity index (χ1v) is 11.1. The lowest BCUT2D eigenvalue weighted by Crippen LogP contribution is -2.41. The van der Waals surface area contributed by atoms with Gasteiger partial charge in [0, 0.05) is 5.92 Å². The van der Waals surface area contributed by atoms with E-state index in [1.54, 1.807) is 12.1 Å². The van der Waals surface area contributed by atoms with Gasteiger partial charge in [0.1, 0.15) is 18.5 Å². The summed E-state index contributed by atoms with van der Waals surface area (Å²) in [5.41, 5.74) is 5.45. The smallest absolute Gasteiger partial charge is 0.407 e. The molecule has 6 heteroatoms. The van der Waals surface area contributed by atoms with Crippen LogP contribution in [0.5, 0.6) is 0 Å². The fourth-order valence-electron chi connectivity index (χ4n) is 4.37. The molecule has 170 valence electrons. The van der Waals surface area contributed by atoms with Gasteiger partial charge in [-0.3, -0.25) is 0 Å². The number of hydrogen-bond acceptors (Lipinski definition) is 3. The van der Waals surface area contributed by atoms with Crippen LogP contribution in [-0.2, 0) is 16.0 Å². The van der Waals surface area contributed by atoms with Crippen LogP contribution in [0.25, 0.3) is 11.1 Å². The third-order valence-electron chi connectivity index (χ3n) is 6.06. The Labute approximate surface area is 192 Å². The number of rotatable bonds is 9. The van der Waals surface area contributed by atoms with E-state index >= 15 is 0 Å². The fourth-order valence-corrected chi connectivity index (χ4v) is 4.37. The zero-order valence-corrected chi connectivity index (χ0v) is 18.2. The summed E-state index contributed by atoms with van der Waals surface area (Å²) in [6.07, 6.45) is 1.63. The predicted molar refractivity (Wildman–Crippen MR) is 124 cm³/mol. The molecule has 0 bridgehead atoms. The van der Waals surface area contributed by atoms with Crippen LogP contribution < -0.4 is 5.32 Å². The van der Waals surface area contributed by atoms with Crippen molar-refractivity contribution in [1.29, 1.82) is 0 Å². The number of aliphatic carboxylic acids is 1. The monoisotopic (exact) mass is 447 g/mol. The predicted octanol–water partition coefficient (Wildman–Crippen LogP) is 5.53. The van der Waals surface area contributed by atoms with Crippen LogP contribution >= 0.6 is 0 Å². The van der Waals surface area contributed by atoms with E-state index in [-0.39, 0.29) is 18.3 Å². The molecule has 0 unspecified atom stereocenters. The minimum atomic E-state index is -1.09. The van der Waals surface area contributed by atoms with Crippen molar-refractivity contribution in [3.8, 4) is 11.1 Å². The lowest BCUT2D eigenvalue weighted by molar-refractivity contribution is -0.139. The number of ether oxygens (including phenoxy) is 1. The molecule has 3 aromatic rings. The third kappa shape index (κ3) is 5.40. The molecule has 1 aliphatic carbocycles. The highest BCUT2D eigenvalue weighted by Crippen LogP contribution is 2.44. The summed E-state index contributed by atoms with van der Waals surface area (Å²) < 4.78 is 18.4. The number of hydrogen-bond donors (Lipinski definition) is 2. The molecule has 0 saturated carbocycles. The van der Waals surface area contributed by atoms with Crippen molar-refractivity contribution < 1.29 is 23.8 Å². The van der Waals surface area contributed by atoms with Gasteiger partial charge in [-0.05, 0) is 59.2 Å². The normalized spacial score (nSPS) is 13.1. The molecule has 0 saturated heterocycles. The minimum absolute atomic E-state index is 0.0814. The summed E-state index contributed by atoms with van der Waals surface area (Å²) in [6.45, 7) is 0.136. The van der Waals surface area contributed by atoms with Crippen LogP contribution in [0.1, 0.15) is 41.9 Å². The van der Waals surface area contributed by atoms with Gasteiger partial charge in [0.15, 0.2) is 0 Å². The summed E-state index contributed by atoms with van der Waals surface area (Å²) in [7, 11) is 0. The second-order valence-corrected chi connectivity index (χ2v) is 8.23. The van der Waals surface area contributed by atoms with Gasteiger partial charge < -0.3 is 15.2 Å². The van der Waals surface area contributed by atoms with E-state index in [0.29, 0.717) is 12.8 Å². The molecule has 4 rings (SSSR count). The second-order valence-electron chi connectivity index (χ2n) is 8.23. The molecule has 0 aromatic heterocycles. The largest absolute Gasteiger partial charge is 0.480 e. The maximum absolute atomic E-state index is 13.0. The molecule has 3 aromatic carbocycles. The highest BCUT2D eigenvalue weighted by molar-refractivity contribution is 5.81. The Kier molecular flexibility index (Phi) is 7.03. The molecule has 0 fully saturated rings. The molecule has 2 N–H and O–H groups in total. The number of benzene rings is 3. The maximum Gasteiger partial charge on any atom is 0.407 e. The number of alkyl carbamates (subject to hydrolysis) is 1. The van der Waals surface area contributed by atoms with Crippen molar-refractivity contribution >= 4 is 12.1 Å². The van der Waals surface area contributed by atoms with Crippen LogP contribution in [0, 0.1) is 5.82 Å². The van der Waals surface area contributed by atoms with E-state index < -0.39 is 18.1 Å². The van der Waals surface area contributed by atoms with Crippen LogP contribution in [0.3, 0.4) is 0 Å². The van der Waals surface area contributed by atoms with Gasteiger partial charge in [-0.15, -0.1) is 0 Å². The van der Waals surface area contributed by atoms with E-state index in [1.165, 1.54) is 12.1 Å². The van der Waals surface area contributed by atoms with Gasteiger partial charge in [-0.1, -0.05) is 67.1 Å². The average molecular weight is 448 g/mol. The first kappa shape index (κ1) is 22.5. The molecule has 1 atom stereocenters. The summed E-state index contributed by atoms with van der Waals surface area (Å²) in [5.74, 6) is -1.45. The summed E-state index contributed by atoms with van der Waals surface area (Å²) in [4.78, 5) is 24.0. The summed E-state index contributed by atoms with van der Waals surface area (Å²) in [6, 6.07) is 21.3. The lowest BCUT2D eigenvalue weighted by Gasteiger charge is -2.17. The number of nitrogens with one attached hydrogen (secondary N) is 1. The SMILES string of the molecule is O=C(N[C@@H](CCCCc1ccc(F)cc1)C(=O)O)OCC1c2ccccc2-c2ccccc21. The third-order valence-corrected chi connectivity index (χ3v) is 6.06. The average Bonchev–Trinajstić information content (AvgIpc) is 3.14. The van der Waals surface area contributed by atoms with Crippen LogP contribution in [0.4, 0.5) is 9.18 Å². The molecular formula is C27H26FNO4. The number of aryl methyl sites for hydroxylation is 1. The molecule has 0 heterocycles. The highest BCUT2D eigenvalue weighted by Gasteiger charge is 2.29. The summed E-state index contributed by atoms with van der Waals surface area (Å²) in [5, 5.41) is 12.0. The molecule has 1 amide bonds. The van der Waals surface area contributed by atoms with Gasteiger partial charge in [0.2, 0.25) is 0 Å². The first-order valence-electron chi connectivity index (χ1n) is 11.1. The lowest BCUT2D eigenvalue weighted by atomic mass is 9.98. The Morgan fingerprint density at radius 2 is 1.52 bits per heavy atom. The fraction of sp³-hybridized carbons (Fsp3) is 0.259. The molecule has 33 heavy (non-hydrogen) atoms. The van der Waals surface area contributed by atoms with Crippen molar-refractivity contribution in [1.82, 2.24) is 5.32 Å². The molecule has 0 spiro atoms. The second kappa shape index (κ2) is 10.3. The number of amides is 1. The minimum Gasteiger partial charge on any atom is -0.480 e. The Morgan fingerprint density at radius 3 is 2.12 bits per heavy atom. The standard InChI is InChI=1S/C27H26FNO4/c28-19-15-13-18(14-16-19)7-1-6-12-25(26(30)31)29-27(32)33-17-24-22-10-4-2-8-20(22)21-9-3-5-11-23(21)24/h2-5,8-11,13-16,24-25H,1,6-7,12,17H2,(H,29,32)(H,30,31)/t25-/m0/s1. The zero-order valence-electron chi connectivity index (χ0n) is 18.2. The molecule has 1 aliphatic rings. The van der Waals surface area contributed by atoms with Gasteiger partial charge >= 0.3 is 12.1 Å². The zero-order chi connectivity index (χ0) is 23.2. The highest BCUT2D eigenvalue weighted by atomic mass is 19.1. The Hall–Kier alpha value is -3.67. The van der Waals surface area contributed by atoms with Gasteiger partial charge in [-0.2, -0.15) is 0 Å². The number of carboxylic acids is 1. The van der Waals surface area contributed by atoms with E-state index in [4.69, 9.17) is 4.74 Å². The number of carboxylic acid groups (broad SMARTS) is 1. The quantitative estimate of drug-likeness (QED) is 0.423. The number of carbonyl (C=O) groups excluding carboxylic acids is 1. The van der Waals surface area contributed by atoms with E-state index in [0.717, 1.165) is 40.7 Å².